The molecule has 1 atom stereocenters. The van der Waals surface area contributed by atoms with Crippen molar-refractivity contribution >= 4 is 0 Å². The number of likely N-dealkylation sites (tertiary alicyclic amines) is 1. The Labute approximate surface area is 123 Å². The average Bonchev–Trinajstić information content (AvgIpc) is 3.09. The summed E-state index contributed by atoms with van der Waals surface area (Å²) in [5.74, 6) is 2.15. The molecular weight excluding hydrogens is 270 g/mol. The van der Waals surface area contributed by atoms with Gasteiger partial charge >= 0.3 is 0 Å². The van der Waals surface area contributed by atoms with Gasteiger partial charge in [-0.2, -0.15) is 4.98 Å². The summed E-state index contributed by atoms with van der Waals surface area (Å²) in [6, 6.07) is 0. The van der Waals surface area contributed by atoms with Gasteiger partial charge in [-0.3, -0.25) is 4.90 Å². The van der Waals surface area contributed by atoms with Gasteiger partial charge in [0.25, 0.3) is 0 Å². The number of nitrogens with zero attached hydrogens (tertiary/aromatic N) is 5. The molecule has 1 aliphatic rings. The molecule has 0 N–H and O–H groups in total. The Morgan fingerprint density at radius 3 is 2.81 bits per heavy atom. The van der Waals surface area contributed by atoms with Gasteiger partial charge in [0.1, 0.15) is 11.4 Å². The maximum Gasteiger partial charge on any atom is 0.231 e. The van der Waals surface area contributed by atoms with Crippen LogP contribution in [0.3, 0.4) is 0 Å². The van der Waals surface area contributed by atoms with Crippen molar-refractivity contribution in [1.29, 1.82) is 0 Å². The predicted molar refractivity (Wildman–Crippen MR) is 74.7 cm³/mol. The first-order valence-corrected chi connectivity index (χ1v) is 7.47. The van der Waals surface area contributed by atoms with E-state index < -0.39 is 0 Å². The minimum atomic E-state index is 0.297. The van der Waals surface area contributed by atoms with Crippen LogP contribution in [0.5, 0.6) is 0 Å². The maximum absolute atomic E-state index is 5.44. The third-order valence-corrected chi connectivity index (χ3v) is 3.95. The lowest BCUT2D eigenvalue weighted by molar-refractivity contribution is 0.175. The van der Waals surface area contributed by atoms with Gasteiger partial charge in [-0.1, -0.05) is 29.3 Å². The molecule has 2 aromatic heterocycles. The molecule has 1 saturated heterocycles. The van der Waals surface area contributed by atoms with Crippen molar-refractivity contribution in [2.24, 2.45) is 0 Å². The number of aryl methyl sites for hydroxylation is 1. The van der Waals surface area contributed by atoms with Gasteiger partial charge in [-0.05, 0) is 26.3 Å². The lowest BCUT2D eigenvalue weighted by Crippen LogP contribution is -2.34. The van der Waals surface area contributed by atoms with Crippen LogP contribution >= 0.6 is 0 Å². The summed E-state index contributed by atoms with van der Waals surface area (Å²) in [6.07, 6.45) is 2.21. The van der Waals surface area contributed by atoms with Gasteiger partial charge in [0, 0.05) is 19.0 Å². The molecule has 3 heterocycles. The summed E-state index contributed by atoms with van der Waals surface area (Å²) in [6.45, 7) is 8.78. The van der Waals surface area contributed by atoms with Gasteiger partial charge in [0.2, 0.25) is 5.89 Å². The number of hydrogen-bond donors (Lipinski definition) is 0. The number of aromatic nitrogens is 4. The van der Waals surface area contributed by atoms with Crippen LogP contribution in [0.25, 0.3) is 0 Å². The summed E-state index contributed by atoms with van der Waals surface area (Å²) < 4.78 is 10.2. The summed E-state index contributed by atoms with van der Waals surface area (Å²) in [5, 5.41) is 11.8. The quantitative estimate of drug-likeness (QED) is 0.854. The van der Waals surface area contributed by atoms with E-state index in [1.54, 1.807) is 0 Å². The first-order valence-electron chi connectivity index (χ1n) is 7.47. The Morgan fingerprint density at radius 1 is 1.29 bits per heavy atom. The molecule has 0 unspecified atom stereocenters. The Morgan fingerprint density at radius 2 is 2.14 bits per heavy atom. The molecule has 0 aromatic carbocycles. The SMILES string of the molecule is Cc1nonc1CN1CCC[C@H](c2nc(C(C)C)no2)C1. The normalized spacial score (nSPS) is 20.3. The minimum absolute atomic E-state index is 0.297. The topological polar surface area (TPSA) is 81.1 Å². The number of piperidine rings is 1. The molecular formula is C14H21N5O2. The molecule has 0 bridgehead atoms. The molecule has 0 saturated carbocycles. The predicted octanol–water partition coefficient (Wildman–Crippen LogP) is 2.26. The average molecular weight is 291 g/mol. The second-order valence-corrected chi connectivity index (χ2v) is 6.02. The van der Waals surface area contributed by atoms with Crippen molar-refractivity contribution in [3.8, 4) is 0 Å². The number of rotatable bonds is 4. The third kappa shape index (κ3) is 3.12. The molecule has 2 aromatic rings. The second kappa shape index (κ2) is 5.93. The molecule has 1 fully saturated rings. The maximum atomic E-state index is 5.44. The highest BCUT2D eigenvalue weighted by atomic mass is 16.6. The Balaban J connectivity index is 1.66. The van der Waals surface area contributed by atoms with Gasteiger partial charge in [0.05, 0.1) is 5.92 Å². The van der Waals surface area contributed by atoms with Gasteiger partial charge in [-0.15, -0.1) is 0 Å². The smallest absolute Gasteiger partial charge is 0.231 e. The fourth-order valence-corrected chi connectivity index (χ4v) is 2.65. The van der Waals surface area contributed by atoms with E-state index in [4.69, 9.17) is 9.15 Å². The lowest BCUT2D eigenvalue weighted by Gasteiger charge is -2.30. The minimum Gasteiger partial charge on any atom is -0.339 e. The van der Waals surface area contributed by atoms with E-state index in [1.807, 2.05) is 6.92 Å². The van der Waals surface area contributed by atoms with Crippen molar-refractivity contribution in [2.75, 3.05) is 13.1 Å². The van der Waals surface area contributed by atoms with E-state index in [0.717, 1.165) is 55.6 Å². The fraction of sp³-hybridized carbons (Fsp3) is 0.714. The molecule has 0 radical (unpaired) electrons. The molecule has 7 nitrogen and oxygen atoms in total. The summed E-state index contributed by atoms with van der Waals surface area (Å²) in [4.78, 5) is 6.88. The molecule has 3 rings (SSSR count). The van der Waals surface area contributed by atoms with Crippen LogP contribution in [0.2, 0.25) is 0 Å². The molecule has 21 heavy (non-hydrogen) atoms. The largest absolute Gasteiger partial charge is 0.339 e. The monoisotopic (exact) mass is 291 g/mol. The van der Waals surface area contributed by atoms with Crippen molar-refractivity contribution < 1.29 is 9.15 Å². The van der Waals surface area contributed by atoms with E-state index in [9.17, 15) is 0 Å². The van der Waals surface area contributed by atoms with E-state index in [0.29, 0.717) is 11.8 Å². The molecule has 114 valence electrons. The fourth-order valence-electron chi connectivity index (χ4n) is 2.65. The standard InChI is InChI=1S/C14H21N5O2/c1-9(2)13-15-14(20-18-13)11-5-4-6-19(7-11)8-12-10(3)16-21-17-12/h9,11H,4-8H2,1-3H3/t11-/m0/s1. The zero-order valence-corrected chi connectivity index (χ0v) is 12.7. The zero-order valence-electron chi connectivity index (χ0n) is 12.7. The van der Waals surface area contributed by atoms with Crippen LogP contribution in [0.4, 0.5) is 0 Å². The van der Waals surface area contributed by atoms with Crippen LogP contribution in [0, 0.1) is 6.92 Å². The Hall–Kier alpha value is -1.76. The van der Waals surface area contributed by atoms with Crippen molar-refractivity contribution in [2.45, 2.75) is 52.0 Å². The molecule has 0 aliphatic carbocycles. The van der Waals surface area contributed by atoms with E-state index in [1.165, 1.54) is 0 Å². The summed E-state index contributed by atoms with van der Waals surface area (Å²) in [7, 11) is 0. The first kappa shape index (κ1) is 14.2. The van der Waals surface area contributed by atoms with Crippen LogP contribution in [0.15, 0.2) is 9.15 Å². The van der Waals surface area contributed by atoms with Gasteiger partial charge < -0.3 is 4.52 Å². The molecule has 7 heteroatoms. The van der Waals surface area contributed by atoms with Crippen LogP contribution in [-0.2, 0) is 6.54 Å². The zero-order chi connectivity index (χ0) is 14.8. The van der Waals surface area contributed by atoms with E-state index in [2.05, 4.69) is 39.2 Å². The van der Waals surface area contributed by atoms with Crippen LogP contribution in [-0.4, -0.2) is 38.4 Å². The van der Waals surface area contributed by atoms with Crippen molar-refractivity contribution in [3.05, 3.63) is 23.1 Å². The van der Waals surface area contributed by atoms with E-state index >= 15 is 0 Å². The lowest BCUT2D eigenvalue weighted by atomic mass is 9.97. The van der Waals surface area contributed by atoms with Crippen LogP contribution in [0.1, 0.15) is 61.6 Å². The van der Waals surface area contributed by atoms with Gasteiger partial charge in [-0.25, -0.2) is 4.63 Å². The second-order valence-electron chi connectivity index (χ2n) is 6.02. The molecule has 1 aliphatic heterocycles. The highest BCUT2D eigenvalue weighted by molar-refractivity contribution is 5.06. The van der Waals surface area contributed by atoms with Gasteiger partial charge in [0.15, 0.2) is 5.82 Å². The summed E-state index contributed by atoms with van der Waals surface area (Å²) in [5.41, 5.74) is 1.76. The van der Waals surface area contributed by atoms with Crippen molar-refractivity contribution in [1.82, 2.24) is 25.4 Å². The highest BCUT2D eigenvalue weighted by Gasteiger charge is 2.27. The first-order chi connectivity index (χ1) is 10.1. The Kier molecular flexibility index (Phi) is 4.01. The molecule has 0 amide bonds. The third-order valence-electron chi connectivity index (χ3n) is 3.95. The van der Waals surface area contributed by atoms with E-state index in [-0.39, 0.29) is 0 Å². The van der Waals surface area contributed by atoms with Crippen molar-refractivity contribution in [3.63, 3.8) is 0 Å². The molecule has 0 spiro atoms. The number of hydrogen-bond acceptors (Lipinski definition) is 7. The highest BCUT2D eigenvalue weighted by Crippen LogP contribution is 2.27. The summed E-state index contributed by atoms with van der Waals surface area (Å²) >= 11 is 0. The van der Waals surface area contributed by atoms with Crippen LogP contribution < -0.4 is 0 Å². The Bertz CT molecular complexity index is 592.